The highest BCUT2D eigenvalue weighted by molar-refractivity contribution is 7.99. The zero-order valence-corrected chi connectivity index (χ0v) is 17.4. The van der Waals surface area contributed by atoms with E-state index in [1.807, 2.05) is 22.6 Å². The van der Waals surface area contributed by atoms with E-state index in [9.17, 15) is 4.79 Å². The maximum atomic E-state index is 12.2. The Bertz CT molecular complexity index is 775. The van der Waals surface area contributed by atoms with Crippen LogP contribution in [0.25, 0.3) is 0 Å². The largest absolute Gasteiger partial charge is 0.453 e. The Morgan fingerprint density at radius 3 is 2.71 bits per heavy atom. The van der Waals surface area contributed by atoms with Crippen LogP contribution < -0.4 is 0 Å². The first-order valence-corrected chi connectivity index (χ1v) is 11.1. The van der Waals surface area contributed by atoms with Crippen LogP contribution in [0.3, 0.4) is 0 Å². The molecular formula is C20H29N5O2S. The molecule has 0 bridgehead atoms. The van der Waals surface area contributed by atoms with Crippen molar-refractivity contribution in [3.8, 4) is 0 Å². The van der Waals surface area contributed by atoms with E-state index in [0.717, 1.165) is 61.6 Å². The fourth-order valence-corrected chi connectivity index (χ4v) is 4.80. The molecule has 28 heavy (non-hydrogen) atoms. The van der Waals surface area contributed by atoms with Gasteiger partial charge in [-0.15, -0.1) is 10.2 Å². The van der Waals surface area contributed by atoms with Crippen molar-refractivity contribution in [2.75, 3.05) is 26.2 Å². The van der Waals surface area contributed by atoms with E-state index in [-0.39, 0.29) is 0 Å². The summed E-state index contributed by atoms with van der Waals surface area (Å²) in [5.74, 6) is 2.04. The van der Waals surface area contributed by atoms with Gasteiger partial charge in [0.2, 0.25) is 5.91 Å². The maximum Gasteiger partial charge on any atom is 0.222 e. The summed E-state index contributed by atoms with van der Waals surface area (Å²) in [6, 6.07) is 4.06. The van der Waals surface area contributed by atoms with Gasteiger partial charge in [0.15, 0.2) is 10.2 Å². The summed E-state index contributed by atoms with van der Waals surface area (Å²) in [4.78, 5) is 16.7. The maximum absolute atomic E-state index is 12.2. The highest BCUT2D eigenvalue weighted by Crippen LogP contribution is 2.29. The van der Waals surface area contributed by atoms with Gasteiger partial charge in [0, 0.05) is 26.6 Å². The van der Waals surface area contributed by atoms with Gasteiger partial charge in [0.1, 0.15) is 12.1 Å². The third kappa shape index (κ3) is 4.97. The summed E-state index contributed by atoms with van der Waals surface area (Å²) in [6.07, 6.45) is 8.16. The molecule has 0 unspecified atom stereocenters. The number of likely N-dealkylation sites (tertiary alicyclic amines) is 2. The topological polar surface area (TPSA) is 67.4 Å². The summed E-state index contributed by atoms with van der Waals surface area (Å²) in [5, 5.41) is 9.64. The lowest BCUT2D eigenvalue weighted by Gasteiger charge is -2.31. The number of rotatable bonds is 7. The lowest BCUT2D eigenvalue weighted by Crippen LogP contribution is -2.34. The molecule has 152 valence electrons. The molecule has 8 heteroatoms. The lowest BCUT2D eigenvalue weighted by atomic mass is 9.92. The minimum Gasteiger partial charge on any atom is -0.453 e. The molecule has 2 aromatic rings. The molecular weight excluding hydrogens is 374 g/mol. The summed E-state index contributed by atoms with van der Waals surface area (Å²) in [6.45, 7) is 4.94. The van der Waals surface area contributed by atoms with Crippen LogP contribution in [0.1, 0.15) is 44.3 Å². The average molecular weight is 404 g/mol. The van der Waals surface area contributed by atoms with E-state index in [0.29, 0.717) is 11.8 Å². The van der Waals surface area contributed by atoms with E-state index < -0.39 is 0 Å². The SMILES string of the molecule is Cn1cnnc1Sc1ccc(CN2CCC(CCC(=O)N3CCCC3)CC2)o1. The molecule has 0 aliphatic carbocycles. The van der Waals surface area contributed by atoms with Gasteiger partial charge in [-0.3, -0.25) is 9.69 Å². The van der Waals surface area contributed by atoms with Crippen molar-refractivity contribution in [1.82, 2.24) is 24.6 Å². The van der Waals surface area contributed by atoms with Crippen LogP contribution in [0, 0.1) is 5.92 Å². The molecule has 1 amide bonds. The first-order valence-electron chi connectivity index (χ1n) is 10.3. The van der Waals surface area contributed by atoms with Gasteiger partial charge in [0.05, 0.1) is 6.54 Å². The Morgan fingerprint density at radius 2 is 2.00 bits per heavy atom. The van der Waals surface area contributed by atoms with Crippen molar-refractivity contribution in [3.63, 3.8) is 0 Å². The summed E-state index contributed by atoms with van der Waals surface area (Å²) >= 11 is 1.49. The van der Waals surface area contributed by atoms with Gasteiger partial charge in [0.25, 0.3) is 0 Å². The number of hydrogen-bond acceptors (Lipinski definition) is 6. The van der Waals surface area contributed by atoms with Crippen LogP contribution in [0.2, 0.25) is 0 Å². The number of carbonyl (C=O) groups excluding carboxylic acids is 1. The monoisotopic (exact) mass is 403 g/mol. The molecule has 0 N–H and O–H groups in total. The van der Waals surface area contributed by atoms with Crippen molar-refractivity contribution in [2.45, 2.75) is 55.3 Å². The second kappa shape index (κ2) is 9.13. The third-order valence-electron chi connectivity index (χ3n) is 5.81. The van der Waals surface area contributed by atoms with Crippen molar-refractivity contribution in [3.05, 3.63) is 24.2 Å². The molecule has 0 atom stereocenters. The molecule has 4 rings (SSSR count). The van der Waals surface area contributed by atoms with Crippen molar-refractivity contribution in [2.24, 2.45) is 13.0 Å². The Labute approximate surface area is 170 Å². The quantitative estimate of drug-likeness (QED) is 0.707. The second-order valence-electron chi connectivity index (χ2n) is 7.89. The molecule has 2 aliphatic heterocycles. The van der Waals surface area contributed by atoms with Gasteiger partial charge >= 0.3 is 0 Å². The van der Waals surface area contributed by atoms with E-state index >= 15 is 0 Å². The first-order chi connectivity index (χ1) is 13.7. The highest BCUT2D eigenvalue weighted by Gasteiger charge is 2.23. The van der Waals surface area contributed by atoms with Gasteiger partial charge < -0.3 is 13.9 Å². The standard InChI is InChI=1S/C20H29N5O2S/c1-23-15-21-22-20(23)28-19-7-5-17(27-19)14-24-12-8-16(9-13-24)4-6-18(26)25-10-2-3-11-25/h5,7,15-16H,2-4,6,8-14H2,1H3. The Hall–Kier alpha value is -1.80. The first kappa shape index (κ1) is 19.5. The Balaban J connectivity index is 1.18. The Kier molecular flexibility index (Phi) is 6.36. The lowest BCUT2D eigenvalue weighted by molar-refractivity contribution is -0.130. The predicted molar refractivity (Wildman–Crippen MR) is 107 cm³/mol. The second-order valence-corrected chi connectivity index (χ2v) is 8.86. The van der Waals surface area contributed by atoms with Gasteiger partial charge in [-0.2, -0.15) is 0 Å². The third-order valence-corrected chi connectivity index (χ3v) is 6.78. The van der Waals surface area contributed by atoms with Crippen molar-refractivity contribution in [1.29, 1.82) is 0 Å². The van der Waals surface area contributed by atoms with Crippen LogP contribution in [0.5, 0.6) is 0 Å². The minimum absolute atomic E-state index is 0.364. The fourth-order valence-electron chi connectivity index (χ4n) is 4.06. The normalized spacial score (nSPS) is 18.8. The van der Waals surface area contributed by atoms with Crippen molar-refractivity contribution < 1.29 is 9.21 Å². The van der Waals surface area contributed by atoms with Gasteiger partial charge in [-0.1, -0.05) is 0 Å². The number of furan rings is 1. The molecule has 0 radical (unpaired) electrons. The van der Waals surface area contributed by atoms with Crippen LogP contribution in [0.4, 0.5) is 0 Å². The van der Waals surface area contributed by atoms with Crippen LogP contribution in [0.15, 0.2) is 33.1 Å². The van der Waals surface area contributed by atoms with E-state index in [1.165, 1.54) is 37.4 Å². The number of aromatic nitrogens is 3. The Morgan fingerprint density at radius 1 is 1.21 bits per heavy atom. The molecule has 2 fully saturated rings. The number of aryl methyl sites for hydroxylation is 1. The van der Waals surface area contributed by atoms with Gasteiger partial charge in [-0.05, 0) is 75.0 Å². The highest BCUT2D eigenvalue weighted by atomic mass is 32.2. The van der Waals surface area contributed by atoms with Crippen molar-refractivity contribution >= 4 is 17.7 Å². The zero-order chi connectivity index (χ0) is 19.3. The van der Waals surface area contributed by atoms with Crippen LogP contribution in [-0.4, -0.2) is 56.7 Å². The number of nitrogens with zero attached hydrogens (tertiary/aromatic N) is 5. The van der Waals surface area contributed by atoms with E-state index in [1.54, 1.807) is 6.33 Å². The molecule has 7 nitrogen and oxygen atoms in total. The number of carbonyl (C=O) groups is 1. The molecule has 0 aromatic carbocycles. The molecule has 0 spiro atoms. The fraction of sp³-hybridized carbons (Fsp3) is 0.650. The predicted octanol–water partition coefficient (Wildman–Crippen LogP) is 3.17. The minimum atomic E-state index is 0.364. The van der Waals surface area contributed by atoms with Gasteiger partial charge in [-0.25, -0.2) is 0 Å². The molecule has 0 saturated carbocycles. The zero-order valence-electron chi connectivity index (χ0n) is 16.5. The number of amides is 1. The summed E-state index contributed by atoms with van der Waals surface area (Å²) < 4.78 is 7.85. The summed E-state index contributed by atoms with van der Waals surface area (Å²) in [7, 11) is 1.93. The van der Waals surface area contributed by atoms with E-state index in [4.69, 9.17) is 4.42 Å². The molecule has 2 saturated heterocycles. The summed E-state index contributed by atoms with van der Waals surface area (Å²) in [5.41, 5.74) is 0. The van der Waals surface area contributed by atoms with E-state index in [2.05, 4.69) is 21.2 Å². The smallest absolute Gasteiger partial charge is 0.222 e. The number of piperidine rings is 1. The van der Waals surface area contributed by atoms with Crippen LogP contribution >= 0.6 is 11.8 Å². The molecule has 4 heterocycles. The number of hydrogen-bond donors (Lipinski definition) is 0. The average Bonchev–Trinajstić information content (AvgIpc) is 3.45. The molecule has 2 aromatic heterocycles. The van der Waals surface area contributed by atoms with Crippen LogP contribution in [-0.2, 0) is 18.4 Å². The molecule has 2 aliphatic rings.